The molecular formula is C16H15N3O. The summed E-state index contributed by atoms with van der Waals surface area (Å²) in [5, 5.41) is 4.52. The van der Waals surface area contributed by atoms with Crippen molar-refractivity contribution in [3.8, 4) is 22.8 Å². The van der Waals surface area contributed by atoms with Crippen LogP contribution in [0.5, 0.6) is 5.75 Å². The van der Waals surface area contributed by atoms with Crippen molar-refractivity contribution >= 4 is 0 Å². The van der Waals surface area contributed by atoms with Gasteiger partial charge in [-0.3, -0.25) is 0 Å². The van der Waals surface area contributed by atoms with Gasteiger partial charge in [0.05, 0.1) is 18.5 Å². The van der Waals surface area contributed by atoms with Gasteiger partial charge >= 0.3 is 0 Å². The minimum Gasteiger partial charge on any atom is -0.497 e. The smallest absolute Gasteiger partial charge is 0.153 e. The van der Waals surface area contributed by atoms with E-state index in [-0.39, 0.29) is 0 Å². The third kappa shape index (κ3) is 2.28. The lowest BCUT2D eigenvalue weighted by Gasteiger charge is -2.07. The van der Waals surface area contributed by atoms with Crippen LogP contribution in [0.3, 0.4) is 0 Å². The summed E-state index contributed by atoms with van der Waals surface area (Å²) in [5.74, 6) is 1.65. The van der Waals surface area contributed by atoms with Crippen molar-refractivity contribution < 1.29 is 4.74 Å². The number of hydrogen-bond acceptors (Lipinski definition) is 3. The van der Waals surface area contributed by atoms with Gasteiger partial charge < -0.3 is 4.74 Å². The van der Waals surface area contributed by atoms with Crippen molar-refractivity contribution in [3.05, 3.63) is 60.4 Å². The van der Waals surface area contributed by atoms with Crippen molar-refractivity contribution in [2.45, 2.75) is 6.92 Å². The fourth-order valence-corrected chi connectivity index (χ4v) is 2.12. The van der Waals surface area contributed by atoms with Crippen LogP contribution in [-0.4, -0.2) is 21.9 Å². The monoisotopic (exact) mass is 265 g/mol. The molecule has 0 aliphatic carbocycles. The second kappa shape index (κ2) is 5.17. The molecule has 0 radical (unpaired) electrons. The molecule has 20 heavy (non-hydrogen) atoms. The van der Waals surface area contributed by atoms with E-state index in [2.05, 4.69) is 16.1 Å². The van der Waals surface area contributed by atoms with Gasteiger partial charge in [0.1, 0.15) is 5.75 Å². The molecule has 3 rings (SSSR count). The van der Waals surface area contributed by atoms with Crippen molar-refractivity contribution in [2.24, 2.45) is 0 Å². The molecule has 0 saturated heterocycles. The van der Waals surface area contributed by atoms with Crippen molar-refractivity contribution in [2.75, 3.05) is 7.11 Å². The molecule has 0 aliphatic heterocycles. The van der Waals surface area contributed by atoms with Crippen molar-refractivity contribution in [1.82, 2.24) is 14.8 Å². The zero-order chi connectivity index (χ0) is 13.9. The Morgan fingerprint density at radius 2 is 1.85 bits per heavy atom. The molecule has 4 heteroatoms. The second-order valence-corrected chi connectivity index (χ2v) is 4.50. The lowest BCUT2D eigenvalue weighted by atomic mass is 10.1. The molecule has 1 aromatic carbocycles. The number of ether oxygens (including phenoxy) is 1. The summed E-state index contributed by atoms with van der Waals surface area (Å²) < 4.78 is 7.05. The summed E-state index contributed by atoms with van der Waals surface area (Å²) in [6.07, 6.45) is 1.77. The molecule has 0 saturated carbocycles. The predicted octanol–water partition coefficient (Wildman–Crippen LogP) is 3.25. The number of rotatable bonds is 3. The van der Waals surface area contributed by atoms with Gasteiger partial charge in [0, 0.05) is 11.8 Å². The third-order valence-corrected chi connectivity index (χ3v) is 3.08. The first-order valence-corrected chi connectivity index (χ1v) is 6.40. The van der Waals surface area contributed by atoms with Gasteiger partial charge in [0.25, 0.3) is 0 Å². The van der Waals surface area contributed by atoms with Crippen LogP contribution in [-0.2, 0) is 0 Å². The molecule has 0 atom stereocenters. The average Bonchev–Trinajstić information content (AvgIpc) is 2.90. The molecule has 0 unspecified atom stereocenters. The van der Waals surface area contributed by atoms with Crippen LogP contribution < -0.4 is 4.74 Å². The number of aromatic nitrogens is 3. The second-order valence-electron chi connectivity index (χ2n) is 4.50. The van der Waals surface area contributed by atoms with E-state index < -0.39 is 0 Å². The first kappa shape index (κ1) is 12.4. The van der Waals surface area contributed by atoms with Gasteiger partial charge in [-0.15, -0.1) is 0 Å². The topological polar surface area (TPSA) is 39.9 Å². The lowest BCUT2D eigenvalue weighted by molar-refractivity contribution is 0.415. The first-order valence-electron chi connectivity index (χ1n) is 6.40. The standard InChI is InChI=1S/C16H15N3O/c1-12-11-15(13-6-8-14(20-2)9-7-13)19(18-12)16-5-3-4-10-17-16/h3-11H,1-2H3. The number of pyridine rings is 1. The van der Waals surface area contributed by atoms with E-state index in [0.29, 0.717) is 0 Å². The van der Waals surface area contributed by atoms with E-state index in [1.165, 1.54) is 0 Å². The van der Waals surface area contributed by atoms with Crippen LogP contribution in [0.15, 0.2) is 54.7 Å². The third-order valence-electron chi connectivity index (χ3n) is 3.08. The van der Waals surface area contributed by atoms with Crippen LogP contribution in [0.2, 0.25) is 0 Å². The highest BCUT2D eigenvalue weighted by Crippen LogP contribution is 2.25. The number of methoxy groups -OCH3 is 1. The maximum absolute atomic E-state index is 5.19. The van der Waals surface area contributed by atoms with Gasteiger partial charge in [0.2, 0.25) is 0 Å². The van der Waals surface area contributed by atoms with Crippen LogP contribution in [0.4, 0.5) is 0 Å². The molecule has 0 bridgehead atoms. The molecule has 0 amide bonds. The molecule has 0 N–H and O–H groups in total. The number of aryl methyl sites for hydroxylation is 1. The van der Waals surface area contributed by atoms with Crippen LogP contribution in [0.1, 0.15) is 5.69 Å². The van der Waals surface area contributed by atoms with E-state index in [9.17, 15) is 0 Å². The summed E-state index contributed by atoms with van der Waals surface area (Å²) in [6, 6.07) is 15.8. The van der Waals surface area contributed by atoms with Crippen LogP contribution in [0.25, 0.3) is 17.1 Å². The zero-order valence-electron chi connectivity index (χ0n) is 11.4. The molecule has 4 nitrogen and oxygen atoms in total. The Morgan fingerprint density at radius 3 is 2.50 bits per heavy atom. The Bertz CT molecular complexity index is 702. The van der Waals surface area contributed by atoms with E-state index in [4.69, 9.17) is 4.74 Å². The minimum absolute atomic E-state index is 0.811. The summed E-state index contributed by atoms with van der Waals surface area (Å²) in [4.78, 5) is 4.36. The molecular weight excluding hydrogens is 250 g/mol. The van der Waals surface area contributed by atoms with Crippen molar-refractivity contribution in [3.63, 3.8) is 0 Å². The van der Waals surface area contributed by atoms with Gasteiger partial charge in [-0.05, 0) is 49.4 Å². The lowest BCUT2D eigenvalue weighted by Crippen LogP contribution is -2.01. The van der Waals surface area contributed by atoms with Crippen LogP contribution in [0, 0.1) is 6.92 Å². The highest BCUT2D eigenvalue weighted by molar-refractivity contribution is 5.63. The fraction of sp³-hybridized carbons (Fsp3) is 0.125. The Kier molecular flexibility index (Phi) is 3.21. The van der Waals surface area contributed by atoms with E-state index in [1.807, 2.05) is 54.1 Å². The summed E-state index contributed by atoms with van der Waals surface area (Å²) in [5.41, 5.74) is 3.06. The van der Waals surface area contributed by atoms with E-state index in [1.54, 1.807) is 13.3 Å². The molecule has 2 aromatic heterocycles. The summed E-state index contributed by atoms with van der Waals surface area (Å²) >= 11 is 0. The normalized spacial score (nSPS) is 10.5. The Morgan fingerprint density at radius 1 is 1.05 bits per heavy atom. The maximum atomic E-state index is 5.19. The van der Waals surface area contributed by atoms with Gasteiger partial charge in [-0.25, -0.2) is 9.67 Å². The predicted molar refractivity (Wildman–Crippen MR) is 78.1 cm³/mol. The van der Waals surface area contributed by atoms with Gasteiger partial charge in [-0.2, -0.15) is 5.10 Å². The summed E-state index contributed by atoms with van der Waals surface area (Å²) in [6.45, 7) is 1.98. The molecule has 100 valence electrons. The van der Waals surface area contributed by atoms with E-state index in [0.717, 1.165) is 28.5 Å². The minimum atomic E-state index is 0.811. The number of benzene rings is 1. The van der Waals surface area contributed by atoms with Crippen LogP contribution >= 0.6 is 0 Å². The largest absolute Gasteiger partial charge is 0.497 e. The average molecular weight is 265 g/mol. The highest BCUT2D eigenvalue weighted by Gasteiger charge is 2.10. The first-order chi connectivity index (χ1) is 9.78. The Hall–Kier alpha value is -2.62. The molecule has 0 aliphatic rings. The Balaban J connectivity index is 2.09. The summed E-state index contributed by atoms with van der Waals surface area (Å²) in [7, 11) is 1.66. The van der Waals surface area contributed by atoms with Crippen molar-refractivity contribution in [1.29, 1.82) is 0 Å². The SMILES string of the molecule is COc1ccc(-c2cc(C)nn2-c2ccccn2)cc1. The molecule has 2 heterocycles. The molecule has 0 fully saturated rings. The maximum Gasteiger partial charge on any atom is 0.153 e. The fourth-order valence-electron chi connectivity index (χ4n) is 2.12. The zero-order valence-corrected chi connectivity index (χ0v) is 11.4. The van der Waals surface area contributed by atoms with Gasteiger partial charge in [0.15, 0.2) is 5.82 Å². The number of hydrogen-bond donors (Lipinski definition) is 0. The highest BCUT2D eigenvalue weighted by atomic mass is 16.5. The molecule has 0 spiro atoms. The molecule has 3 aromatic rings. The van der Waals surface area contributed by atoms with Gasteiger partial charge in [-0.1, -0.05) is 6.07 Å². The Labute approximate surface area is 117 Å². The van der Waals surface area contributed by atoms with E-state index >= 15 is 0 Å². The number of nitrogens with zero attached hydrogens (tertiary/aromatic N) is 3. The quantitative estimate of drug-likeness (QED) is 0.729.